The number of halogens is 2. The molecule has 0 unspecified atom stereocenters. The molecule has 6 aromatic rings. The fourth-order valence-corrected chi connectivity index (χ4v) is 7.06. The van der Waals surface area contributed by atoms with Crippen molar-refractivity contribution in [3.8, 4) is 11.4 Å². The van der Waals surface area contributed by atoms with Crippen molar-refractivity contribution in [2.24, 2.45) is 0 Å². The maximum Gasteiger partial charge on any atom is 0.495 e. The van der Waals surface area contributed by atoms with Gasteiger partial charge in [0.25, 0.3) is 11.1 Å². The van der Waals surface area contributed by atoms with Gasteiger partial charge >= 0.3 is 25.6 Å². The lowest BCUT2D eigenvalue weighted by molar-refractivity contribution is 0.00578. The number of benzene rings is 4. The van der Waals surface area contributed by atoms with E-state index in [1.54, 1.807) is 38.1 Å². The molecule has 16 heteroatoms. The van der Waals surface area contributed by atoms with Crippen LogP contribution in [0.1, 0.15) is 66.5 Å². The summed E-state index contributed by atoms with van der Waals surface area (Å²) in [6.07, 6.45) is 0. The highest BCUT2D eigenvalue weighted by Gasteiger charge is 2.53. The monoisotopic (exact) mass is 792 g/mol. The molecule has 0 radical (unpaired) electrons. The largest absolute Gasteiger partial charge is 0.495 e. The number of hydrogen-bond donors (Lipinski definition) is 2. The van der Waals surface area contributed by atoms with E-state index < -0.39 is 70.8 Å². The van der Waals surface area contributed by atoms with Crippen molar-refractivity contribution < 1.29 is 27.4 Å². The van der Waals surface area contributed by atoms with Gasteiger partial charge in [-0.05, 0) is 128 Å². The van der Waals surface area contributed by atoms with Gasteiger partial charge in [-0.1, -0.05) is 36.4 Å². The minimum Gasteiger partial charge on any atom is -0.399 e. The summed E-state index contributed by atoms with van der Waals surface area (Å²) in [5, 5.41) is 0.204. The summed E-state index contributed by atoms with van der Waals surface area (Å²) < 4.78 is 54.6. The van der Waals surface area contributed by atoms with Gasteiger partial charge in [0.2, 0.25) is 0 Å². The van der Waals surface area contributed by atoms with E-state index >= 15 is 0 Å². The summed E-state index contributed by atoms with van der Waals surface area (Å²) in [6, 6.07) is 18.8. The maximum atomic E-state index is 14.0. The molecule has 2 N–H and O–H groups in total. The Morgan fingerprint density at radius 3 is 1.14 bits per heavy atom. The van der Waals surface area contributed by atoms with Crippen LogP contribution in [-0.2, 0) is 18.6 Å². The van der Waals surface area contributed by atoms with Gasteiger partial charge in [-0.25, -0.2) is 27.5 Å². The number of fused-ring (bicyclic) bond motifs is 2. The molecule has 0 amide bonds. The molecule has 300 valence electrons. The second-order valence-electron chi connectivity index (χ2n) is 16.6. The summed E-state index contributed by atoms with van der Waals surface area (Å²) >= 11 is 0. The van der Waals surface area contributed by atoms with Crippen molar-refractivity contribution in [1.82, 2.24) is 19.1 Å². The molecule has 12 nitrogen and oxygen atoms in total. The van der Waals surface area contributed by atoms with E-state index in [2.05, 4.69) is 9.97 Å². The fourth-order valence-electron chi connectivity index (χ4n) is 7.06. The highest BCUT2D eigenvalue weighted by molar-refractivity contribution is 6.63. The molecule has 2 aliphatic heterocycles. The Morgan fingerprint density at radius 1 is 0.500 bits per heavy atom. The quantitative estimate of drug-likeness (QED) is 0.241. The van der Waals surface area contributed by atoms with E-state index in [0.29, 0.717) is 22.5 Å². The fraction of sp³-hybridized carbons (Fsp3) is 0.333. The van der Waals surface area contributed by atoms with Crippen molar-refractivity contribution in [3.63, 3.8) is 0 Å². The zero-order valence-corrected chi connectivity index (χ0v) is 34.0. The van der Waals surface area contributed by atoms with E-state index in [1.165, 1.54) is 36.4 Å². The van der Waals surface area contributed by atoms with Gasteiger partial charge in [0, 0.05) is 0 Å². The minimum absolute atomic E-state index is 0.0986. The van der Waals surface area contributed by atoms with Crippen LogP contribution >= 0.6 is 0 Å². The van der Waals surface area contributed by atoms with Gasteiger partial charge in [0.05, 0.1) is 55.6 Å². The van der Waals surface area contributed by atoms with Gasteiger partial charge in [-0.15, -0.1) is 0 Å². The lowest BCUT2D eigenvalue weighted by Crippen LogP contribution is -2.41. The number of H-pyrrole nitrogens is 2. The molecule has 4 aromatic carbocycles. The third kappa shape index (κ3) is 6.67. The van der Waals surface area contributed by atoms with E-state index in [0.717, 1.165) is 20.1 Å². The number of nitrogens with one attached hydrogen (secondary N) is 2. The second-order valence-corrected chi connectivity index (χ2v) is 16.6. The van der Waals surface area contributed by atoms with Gasteiger partial charge in [0.1, 0.15) is 11.6 Å². The smallest absolute Gasteiger partial charge is 0.399 e. The predicted octanol–water partition coefficient (Wildman–Crippen LogP) is 4.85. The molecule has 58 heavy (non-hydrogen) atoms. The van der Waals surface area contributed by atoms with Crippen LogP contribution in [0.4, 0.5) is 8.78 Å². The normalized spacial score (nSPS) is 17.8. The summed E-state index contributed by atoms with van der Waals surface area (Å²) in [5.74, 6) is -1.29. The molecule has 2 fully saturated rings. The van der Waals surface area contributed by atoms with Crippen molar-refractivity contribution in [1.29, 1.82) is 0 Å². The predicted molar refractivity (Wildman–Crippen MR) is 221 cm³/mol. The Kier molecular flexibility index (Phi) is 9.95. The number of aromatic amines is 2. The standard InChI is InChI=1S/2C21H22BFN2O4/c2*1-12-14(22-28-20(2,3)21(4,5)29-22)9-7-11-16(12)25-18(26)13-8-6-10-15(23)17(13)24-19(25)27/h2*6-11H,1-5H3,(H,24,27). The Bertz CT molecular complexity index is 2650. The second kappa shape index (κ2) is 14.2. The molecule has 4 heterocycles. The summed E-state index contributed by atoms with van der Waals surface area (Å²) in [7, 11) is -1.26. The third-order valence-corrected chi connectivity index (χ3v) is 12.0. The SMILES string of the molecule is Cc1c(B2OC(C)(C)C(C)(C)O2)cccc1-n1c(=O)[nH]c2c(F)cccc2c1=O.Cc1c(B2OC(C)(C)C(C)(C)O2)cccc1-n1c(=O)[nH]c2c(F)cccc2c1=O. The number of hydrogen-bond acceptors (Lipinski definition) is 8. The molecular formula is C42H44B2F2N4O8. The first-order valence-corrected chi connectivity index (χ1v) is 18.8. The number of nitrogens with zero attached hydrogens (tertiary/aromatic N) is 2. The number of rotatable bonds is 4. The van der Waals surface area contributed by atoms with Crippen LogP contribution in [0.5, 0.6) is 0 Å². The number of para-hydroxylation sites is 2. The first-order valence-electron chi connectivity index (χ1n) is 18.8. The first-order chi connectivity index (χ1) is 27.1. The summed E-state index contributed by atoms with van der Waals surface area (Å²) in [4.78, 5) is 56.3. The first kappa shape index (κ1) is 40.8. The molecule has 2 aromatic heterocycles. The van der Waals surface area contributed by atoms with Crippen LogP contribution in [-0.4, -0.2) is 55.7 Å². The molecule has 2 saturated heterocycles. The molecule has 0 spiro atoms. The Hall–Kier alpha value is -5.41. The van der Waals surface area contributed by atoms with E-state index in [4.69, 9.17) is 18.6 Å². The van der Waals surface area contributed by atoms with Crippen LogP contribution in [0, 0.1) is 25.5 Å². The lowest BCUT2D eigenvalue weighted by atomic mass is 9.76. The van der Waals surface area contributed by atoms with Gasteiger partial charge < -0.3 is 28.6 Å². The van der Waals surface area contributed by atoms with Gasteiger partial charge in [0.15, 0.2) is 0 Å². The van der Waals surface area contributed by atoms with Crippen molar-refractivity contribution in [2.45, 2.75) is 91.6 Å². The Balaban J connectivity index is 0.000000177. The summed E-state index contributed by atoms with van der Waals surface area (Å²) in [5.41, 5.74) is -1.25. The molecule has 0 saturated carbocycles. The molecule has 0 atom stereocenters. The maximum absolute atomic E-state index is 14.0. The van der Waals surface area contributed by atoms with Gasteiger partial charge in [-0.2, -0.15) is 0 Å². The molecule has 8 rings (SSSR count). The van der Waals surface area contributed by atoms with E-state index in [9.17, 15) is 28.0 Å². The molecule has 0 bridgehead atoms. The summed E-state index contributed by atoms with van der Waals surface area (Å²) in [6.45, 7) is 19.3. The minimum atomic E-state index is -0.707. The van der Waals surface area contributed by atoms with E-state index in [-0.39, 0.29) is 21.8 Å². The number of aromatic nitrogens is 4. The zero-order valence-electron chi connectivity index (χ0n) is 34.0. The Labute approximate surface area is 333 Å². The van der Waals surface area contributed by atoms with Crippen LogP contribution in [0.25, 0.3) is 33.2 Å². The van der Waals surface area contributed by atoms with Crippen molar-refractivity contribution >= 4 is 47.0 Å². The highest BCUT2D eigenvalue weighted by Crippen LogP contribution is 2.38. The topological polar surface area (TPSA) is 147 Å². The van der Waals surface area contributed by atoms with Crippen molar-refractivity contribution in [2.75, 3.05) is 0 Å². The average Bonchev–Trinajstić information content (AvgIpc) is 3.49. The lowest BCUT2D eigenvalue weighted by Gasteiger charge is -2.32. The third-order valence-electron chi connectivity index (χ3n) is 12.0. The molecule has 0 aliphatic carbocycles. The van der Waals surface area contributed by atoms with Crippen molar-refractivity contribution in [3.05, 3.63) is 137 Å². The van der Waals surface area contributed by atoms with Gasteiger partial charge in [-0.3, -0.25) is 9.59 Å². The Morgan fingerprint density at radius 2 is 0.810 bits per heavy atom. The van der Waals surface area contributed by atoms with Crippen LogP contribution < -0.4 is 33.4 Å². The van der Waals surface area contributed by atoms with Crippen LogP contribution in [0.2, 0.25) is 0 Å². The average molecular weight is 792 g/mol. The zero-order chi connectivity index (χ0) is 42.3. The van der Waals surface area contributed by atoms with Crippen LogP contribution in [0.15, 0.2) is 92.0 Å². The molecule has 2 aliphatic rings. The van der Waals surface area contributed by atoms with Crippen LogP contribution in [0.3, 0.4) is 0 Å². The van der Waals surface area contributed by atoms with E-state index in [1.807, 2.05) is 67.5 Å². The highest BCUT2D eigenvalue weighted by atomic mass is 19.1. The molecular weight excluding hydrogens is 748 g/mol.